The molecule has 0 spiro atoms. The minimum atomic E-state index is 0.119. The smallest absolute Gasteiger partial charge is 0.254 e. The van der Waals surface area contributed by atoms with Crippen molar-refractivity contribution >= 4 is 16.7 Å². The van der Waals surface area contributed by atoms with Crippen LogP contribution in [0.25, 0.3) is 11.0 Å². The molecule has 2 aromatic carbocycles. The monoisotopic (exact) mass is 277 g/mol. The first-order chi connectivity index (χ1) is 10.3. The van der Waals surface area contributed by atoms with Gasteiger partial charge in [-0.1, -0.05) is 18.2 Å². The summed E-state index contributed by atoms with van der Waals surface area (Å²) in [6.45, 7) is 0. The molecular weight excluding hydrogens is 266 g/mol. The Labute approximate surface area is 120 Å². The largest absolute Gasteiger partial charge is 0.508 e. The van der Waals surface area contributed by atoms with E-state index in [2.05, 4.69) is 10.5 Å². The van der Waals surface area contributed by atoms with Gasteiger partial charge in [-0.2, -0.15) is 5.26 Å². The summed E-state index contributed by atoms with van der Waals surface area (Å²) in [6.07, 6.45) is 0. The molecule has 0 aliphatic rings. The van der Waals surface area contributed by atoms with Crippen molar-refractivity contribution in [1.29, 1.82) is 5.26 Å². The van der Waals surface area contributed by atoms with Crippen LogP contribution >= 0.6 is 0 Å². The van der Waals surface area contributed by atoms with Crippen molar-refractivity contribution < 1.29 is 9.52 Å². The van der Waals surface area contributed by atoms with E-state index in [1.54, 1.807) is 12.1 Å². The Morgan fingerprint density at radius 1 is 1.10 bits per heavy atom. The van der Waals surface area contributed by atoms with Crippen LogP contribution in [0.3, 0.4) is 0 Å². The SMILES string of the molecule is N#Cc1cc2cc(O)ccc2o/c1=N/Nc1ccccc1. The first-order valence-electron chi connectivity index (χ1n) is 6.28. The topological polar surface area (TPSA) is 81.5 Å². The van der Waals surface area contributed by atoms with Gasteiger partial charge in [0.25, 0.3) is 5.55 Å². The Bertz CT molecular complexity index is 893. The lowest BCUT2D eigenvalue weighted by atomic mass is 10.2. The highest BCUT2D eigenvalue weighted by atomic mass is 16.3. The molecule has 3 aromatic rings. The summed E-state index contributed by atoms with van der Waals surface area (Å²) in [5.74, 6) is 0.119. The van der Waals surface area contributed by atoms with Crippen molar-refractivity contribution in [2.45, 2.75) is 0 Å². The van der Waals surface area contributed by atoms with Crippen LogP contribution in [0, 0.1) is 11.3 Å². The Morgan fingerprint density at radius 2 is 1.90 bits per heavy atom. The second-order valence-electron chi connectivity index (χ2n) is 4.39. The van der Waals surface area contributed by atoms with Crippen molar-refractivity contribution in [2.24, 2.45) is 5.10 Å². The van der Waals surface area contributed by atoms with Gasteiger partial charge in [-0.15, -0.1) is 5.10 Å². The molecule has 0 aliphatic heterocycles. The average Bonchev–Trinajstić information content (AvgIpc) is 2.53. The van der Waals surface area contributed by atoms with Crippen LogP contribution in [0.4, 0.5) is 5.69 Å². The predicted molar refractivity (Wildman–Crippen MR) is 78.2 cm³/mol. The summed E-state index contributed by atoms with van der Waals surface area (Å²) in [6, 6.07) is 17.7. The number of hydrogen-bond donors (Lipinski definition) is 2. The van der Waals surface area contributed by atoms with Gasteiger partial charge in [0.1, 0.15) is 23.0 Å². The van der Waals surface area contributed by atoms with Gasteiger partial charge in [0.15, 0.2) is 0 Å². The van der Waals surface area contributed by atoms with Crippen molar-refractivity contribution in [1.82, 2.24) is 0 Å². The lowest BCUT2D eigenvalue weighted by molar-refractivity contribution is 0.475. The van der Waals surface area contributed by atoms with E-state index >= 15 is 0 Å². The van der Waals surface area contributed by atoms with E-state index in [4.69, 9.17) is 4.42 Å². The average molecular weight is 277 g/mol. The summed E-state index contributed by atoms with van der Waals surface area (Å²) in [4.78, 5) is 0. The van der Waals surface area contributed by atoms with Crippen LogP contribution in [0.15, 0.2) is 64.1 Å². The van der Waals surface area contributed by atoms with Crippen molar-refractivity contribution in [3.8, 4) is 11.8 Å². The molecular formula is C16H11N3O2. The summed E-state index contributed by atoms with van der Waals surface area (Å²) in [7, 11) is 0. The van der Waals surface area contributed by atoms with E-state index in [-0.39, 0.29) is 16.9 Å². The molecule has 0 fully saturated rings. The van der Waals surface area contributed by atoms with Crippen molar-refractivity contribution in [2.75, 3.05) is 5.43 Å². The predicted octanol–water partition coefficient (Wildman–Crippen LogP) is 2.94. The third-order valence-corrected chi connectivity index (χ3v) is 2.91. The quantitative estimate of drug-likeness (QED) is 0.706. The molecule has 0 atom stereocenters. The number of nitriles is 1. The van der Waals surface area contributed by atoms with Crippen LogP contribution in [-0.2, 0) is 0 Å². The number of rotatable bonds is 2. The van der Waals surface area contributed by atoms with Gasteiger partial charge >= 0.3 is 0 Å². The lowest BCUT2D eigenvalue weighted by Crippen LogP contribution is -2.09. The van der Waals surface area contributed by atoms with Gasteiger partial charge in [-0.05, 0) is 36.4 Å². The Balaban J connectivity index is 2.09. The fraction of sp³-hybridized carbons (Fsp3) is 0. The van der Waals surface area contributed by atoms with Crippen LogP contribution in [0.1, 0.15) is 5.56 Å². The molecule has 0 amide bonds. The molecule has 0 saturated heterocycles. The van der Waals surface area contributed by atoms with E-state index in [1.165, 1.54) is 12.1 Å². The Morgan fingerprint density at radius 3 is 2.67 bits per heavy atom. The molecule has 5 heteroatoms. The molecule has 0 bridgehead atoms. The number of phenolic OH excluding ortho intramolecular Hbond substituents is 1. The standard InChI is InChI=1S/C16H11N3O2/c17-10-12-8-11-9-14(20)6-7-15(11)21-16(12)19-18-13-4-2-1-3-5-13/h1-9,18,20H/b19-16+. The molecule has 3 rings (SSSR count). The van der Waals surface area contributed by atoms with Gasteiger partial charge in [0.05, 0.1) is 5.69 Å². The minimum absolute atomic E-state index is 0.119. The third kappa shape index (κ3) is 2.69. The Hall–Kier alpha value is -3.26. The van der Waals surface area contributed by atoms with Crippen molar-refractivity contribution in [3.05, 3.63) is 65.7 Å². The fourth-order valence-corrected chi connectivity index (χ4v) is 1.91. The lowest BCUT2D eigenvalue weighted by Gasteiger charge is -2.01. The van der Waals surface area contributed by atoms with Crippen LogP contribution in [-0.4, -0.2) is 5.11 Å². The second kappa shape index (κ2) is 5.39. The van der Waals surface area contributed by atoms with Crippen molar-refractivity contribution in [3.63, 3.8) is 0 Å². The zero-order valence-electron chi connectivity index (χ0n) is 10.9. The van der Waals surface area contributed by atoms with Gasteiger partial charge in [0.2, 0.25) is 0 Å². The van der Waals surface area contributed by atoms with Gasteiger partial charge in [-0.25, -0.2) is 0 Å². The number of anilines is 1. The minimum Gasteiger partial charge on any atom is -0.508 e. The number of aromatic hydroxyl groups is 1. The first-order valence-corrected chi connectivity index (χ1v) is 6.28. The molecule has 0 radical (unpaired) electrons. The van der Waals surface area contributed by atoms with E-state index in [0.29, 0.717) is 11.0 Å². The third-order valence-electron chi connectivity index (χ3n) is 2.91. The van der Waals surface area contributed by atoms with E-state index in [1.807, 2.05) is 36.4 Å². The number of para-hydroxylation sites is 1. The maximum absolute atomic E-state index is 9.45. The van der Waals surface area contributed by atoms with Gasteiger partial charge in [-0.3, -0.25) is 5.43 Å². The zero-order valence-corrected chi connectivity index (χ0v) is 10.9. The molecule has 1 aromatic heterocycles. The summed E-state index contributed by atoms with van der Waals surface area (Å²) in [5, 5.41) is 23.4. The molecule has 102 valence electrons. The fourth-order valence-electron chi connectivity index (χ4n) is 1.91. The molecule has 0 saturated carbocycles. The maximum Gasteiger partial charge on any atom is 0.254 e. The highest BCUT2D eigenvalue weighted by Gasteiger charge is 2.04. The van der Waals surface area contributed by atoms with Crippen LogP contribution in [0.2, 0.25) is 0 Å². The molecule has 0 aliphatic carbocycles. The molecule has 2 N–H and O–H groups in total. The number of nitrogens with one attached hydrogen (secondary N) is 1. The number of phenols is 1. The first kappa shape index (κ1) is 12.8. The van der Waals surface area contributed by atoms with Crippen LogP contribution in [0.5, 0.6) is 5.75 Å². The van der Waals surface area contributed by atoms with Gasteiger partial charge < -0.3 is 9.52 Å². The van der Waals surface area contributed by atoms with E-state index in [9.17, 15) is 10.4 Å². The van der Waals surface area contributed by atoms with Crippen LogP contribution < -0.4 is 11.0 Å². The number of nitrogens with zero attached hydrogens (tertiary/aromatic N) is 2. The number of hydrogen-bond acceptors (Lipinski definition) is 5. The Kier molecular flexibility index (Phi) is 3.27. The molecule has 0 unspecified atom stereocenters. The maximum atomic E-state index is 9.45. The summed E-state index contributed by atoms with van der Waals surface area (Å²) in [5.41, 5.74) is 4.66. The molecule has 1 heterocycles. The van der Waals surface area contributed by atoms with Gasteiger partial charge in [0, 0.05) is 5.39 Å². The normalized spacial score (nSPS) is 11.3. The van der Waals surface area contributed by atoms with E-state index < -0.39 is 0 Å². The summed E-state index contributed by atoms with van der Waals surface area (Å²) >= 11 is 0. The summed E-state index contributed by atoms with van der Waals surface area (Å²) < 4.78 is 5.60. The number of fused-ring (bicyclic) bond motifs is 1. The highest BCUT2D eigenvalue weighted by Crippen LogP contribution is 2.19. The molecule has 5 nitrogen and oxygen atoms in total. The molecule has 21 heavy (non-hydrogen) atoms. The van der Waals surface area contributed by atoms with E-state index in [0.717, 1.165) is 5.69 Å². The zero-order chi connectivity index (χ0) is 14.7. The number of benzene rings is 2. The highest BCUT2D eigenvalue weighted by molar-refractivity contribution is 5.79. The second-order valence-corrected chi connectivity index (χ2v) is 4.39.